The molecule has 0 unspecified atom stereocenters. The Balaban J connectivity index is 1.46. The fraction of sp³-hybridized carbons (Fsp3) is 0.267. The maximum atomic E-state index is 12.2. The van der Waals surface area contributed by atoms with Crippen molar-refractivity contribution in [3.8, 4) is 0 Å². The van der Waals surface area contributed by atoms with Crippen LogP contribution in [0.4, 0.5) is 5.13 Å². The van der Waals surface area contributed by atoms with E-state index in [1.54, 1.807) is 22.3 Å². The van der Waals surface area contributed by atoms with Crippen LogP contribution in [0.2, 0.25) is 0 Å². The third-order valence-electron chi connectivity index (χ3n) is 3.77. The Morgan fingerprint density at radius 1 is 1.14 bits per heavy atom. The second-order valence-corrected chi connectivity index (χ2v) is 6.13. The van der Waals surface area contributed by atoms with E-state index in [9.17, 15) is 4.79 Å². The fourth-order valence-corrected chi connectivity index (χ4v) is 3.60. The van der Waals surface area contributed by atoms with Crippen LogP contribution in [0, 0.1) is 0 Å². The van der Waals surface area contributed by atoms with E-state index in [0.29, 0.717) is 18.8 Å². The van der Waals surface area contributed by atoms with Crippen LogP contribution in [0.25, 0.3) is 10.2 Å². The predicted molar refractivity (Wildman–Crippen MR) is 84.2 cm³/mol. The van der Waals surface area contributed by atoms with Crippen molar-refractivity contribution >= 4 is 32.6 Å². The van der Waals surface area contributed by atoms with Crippen molar-refractivity contribution < 1.29 is 9.32 Å². The first kappa shape index (κ1) is 13.3. The third kappa shape index (κ3) is 2.33. The molecule has 112 valence electrons. The van der Waals surface area contributed by atoms with Crippen molar-refractivity contribution in [2.45, 2.75) is 0 Å². The number of carbonyl (C=O) groups is 1. The van der Waals surface area contributed by atoms with Crippen LogP contribution in [0.15, 0.2) is 41.1 Å². The summed E-state index contributed by atoms with van der Waals surface area (Å²) in [6.45, 7) is 2.88. The Bertz CT molecular complexity index is 758. The Hall–Kier alpha value is -2.41. The van der Waals surface area contributed by atoms with Crippen molar-refractivity contribution in [1.82, 2.24) is 15.0 Å². The van der Waals surface area contributed by atoms with Gasteiger partial charge in [-0.1, -0.05) is 28.6 Å². The molecule has 6 nitrogen and oxygen atoms in total. The summed E-state index contributed by atoms with van der Waals surface area (Å²) in [4.78, 5) is 20.9. The lowest BCUT2D eigenvalue weighted by Gasteiger charge is -2.33. The number of amides is 1. The van der Waals surface area contributed by atoms with Crippen molar-refractivity contribution in [2.24, 2.45) is 0 Å². The second-order valence-electron chi connectivity index (χ2n) is 5.12. The zero-order valence-electron chi connectivity index (χ0n) is 11.8. The van der Waals surface area contributed by atoms with Gasteiger partial charge in [-0.2, -0.15) is 0 Å². The minimum Gasteiger partial charge on any atom is -0.351 e. The van der Waals surface area contributed by atoms with Crippen LogP contribution < -0.4 is 4.90 Å². The molecule has 1 aliphatic rings. The molecule has 1 amide bonds. The number of benzene rings is 1. The number of fused-ring (bicyclic) bond motifs is 1. The molecule has 2 aromatic heterocycles. The van der Waals surface area contributed by atoms with Crippen molar-refractivity contribution in [3.05, 3.63) is 42.3 Å². The van der Waals surface area contributed by atoms with Crippen LogP contribution in [-0.4, -0.2) is 47.1 Å². The van der Waals surface area contributed by atoms with Crippen LogP contribution in [0.5, 0.6) is 0 Å². The SMILES string of the molecule is O=C(c1ccno1)N1CCN(c2nc3ccccc3s2)CC1. The van der Waals surface area contributed by atoms with Crippen LogP contribution in [0.1, 0.15) is 10.6 Å². The summed E-state index contributed by atoms with van der Waals surface area (Å²) in [7, 11) is 0. The van der Waals surface area contributed by atoms with Gasteiger partial charge in [-0.15, -0.1) is 0 Å². The van der Waals surface area contributed by atoms with Gasteiger partial charge >= 0.3 is 0 Å². The number of nitrogens with zero attached hydrogens (tertiary/aromatic N) is 4. The molecule has 7 heteroatoms. The number of aromatic nitrogens is 2. The van der Waals surface area contributed by atoms with Gasteiger partial charge in [-0.05, 0) is 12.1 Å². The molecule has 1 aromatic carbocycles. The van der Waals surface area contributed by atoms with Gasteiger partial charge in [0.1, 0.15) is 0 Å². The highest BCUT2D eigenvalue weighted by Crippen LogP contribution is 2.29. The molecule has 1 saturated heterocycles. The van der Waals surface area contributed by atoms with E-state index < -0.39 is 0 Å². The lowest BCUT2D eigenvalue weighted by atomic mass is 10.3. The minimum absolute atomic E-state index is 0.0959. The number of thiazole rings is 1. The van der Waals surface area contributed by atoms with Gasteiger partial charge in [0, 0.05) is 32.2 Å². The van der Waals surface area contributed by atoms with Gasteiger partial charge in [0.05, 0.1) is 16.4 Å². The molecular weight excluding hydrogens is 300 g/mol. The Morgan fingerprint density at radius 2 is 1.95 bits per heavy atom. The zero-order valence-corrected chi connectivity index (χ0v) is 12.6. The molecule has 0 saturated carbocycles. The van der Waals surface area contributed by atoms with Gasteiger partial charge < -0.3 is 14.3 Å². The smallest absolute Gasteiger partial charge is 0.292 e. The number of piperazine rings is 1. The maximum Gasteiger partial charge on any atom is 0.292 e. The van der Waals surface area contributed by atoms with Crippen molar-refractivity contribution in [1.29, 1.82) is 0 Å². The first-order chi connectivity index (χ1) is 10.8. The first-order valence-corrected chi connectivity index (χ1v) is 7.93. The lowest BCUT2D eigenvalue weighted by molar-refractivity contribution is 0.0705. The number of rotatable bonds is 2. The highest BCUT2D eigenvalue weighted by atomic mass is 32.1. The molecule has 0 bridgehead atoms. The summed E-state index contributed by atoms with van der Waals surface area (Å²) in [6.07, 6.45) is 1.49. The average Bonchev–Trinajstić information content (AvgIpc) is 3.23. The van der Waals surface area contributed by atoms with Crippen molar-refractivity contribution in [3.63, 3.8) is 0 Å². The normalized spacial score (nSPS) is 15.5. The molecular formula is C15H14N4O2S. The van der Waals surface area contributed by atoms with E-state index in [4.69, 9.17) is 4.52 Å². The lowest BCUT2D eigenvalue weighted by Crippen LogP contribution is -2.48. The zero-order chi connectivity index (χ0) is 14.9. The third-order valence-corrected chi connectivity index (χ3v) is 4.87. The largest absolute Gasteiger partial charge is 0.351 e. The molecule has 3 aromatic rings. The summed E-state index contributed by atoms with van der Waals surface area (Å²) in [5, 5.41) is 4.60. The van der Waals surface area contributed by atoms with Crippen LogP contribution >= 0.6 is 11.3 Å². The number of carbonyl (C=O) groups excluding carboxylic acids is 1. The Kier molecular flexibility index (Phi) is 3.27. The number of hydrogen-bond donors (Lipinski definition) is 0. The van der Waals surface area contributed by atoms with E-state index in [1.807, 2.05) is 18.2 Å². The van der Waals surface area contributed by atoms with E-state index >= 15 is 0 Å². The van der Waals surface area contributed by atoms with Gasteiger partial charge in [-0.25, -0.2) is 4.98 Å². The summed E-state index contributed by atoms with van der Waals surface area (Å²) >= 11 is 1.69. The Morgan fingerprint density at radius 3 is 2.68 bits per heavy atom. The predicted octanol–water partition coefficient (Wildman–Crippen LogP) is 2.25. The van der Waals surface area contributed by atoms with E-state index in [1.165, 1.54) is 10.9 Å². The second kappa shape index (κ2) is 5.42. The van der Waals surface area contributed by atoms with Gasteiger partial charge in [-0.3, -0.25) is 4.79 Å². The topological polar surface area (TPSA) is 62.5 Å². The van der Waals surface area contributed by atoms with Gasteiger partial charge in [0.25, 0.3) is 5.91 Å². The number of para-hydroxylation sites is 1. The fourth-order valence-electron chi connectivity index (χ4n) is 2.58. The molecule has 0 spiro atoms. The number of hydrogen-bond acceptors (Lipinski definition) is 6. The summed E-state index contributed by atoms with van der Waals surface area (Å²) < 4.78 is 6.13. The van der Waals surface area contributed by atoms with Crippen LogP contribution in [0.3, 0.4) is 0 Å². The van der Waals surface area contributed by atoms with Crippen LogP contribution in [-0.2, 0) is 0 Å². The van der Waals surface area contributed by atoms with Gasteiger partial charge in [0.15, 0.2) is 5.13 Å². The summed E-state index contributed by atoms with van der Waals surface area (Å²) in [5.41, 5.74) is 1.03. The van der Waals surface area contributed by atoms with Gasteiger partial charge in [0.2, 0.25) is 5.76 Å². The molecule has 4 rings (SSSR count). The molecule has 3 heterocycles. The quantitative estimate of drug-likeness (QED) is 0.726. The molecule has 0 atom stereocenters. The molecule has 1 fully saturated rings. The molecule has 22 heavy (non-hydrogen) atoms. The highest BCUT2D eigenvalue weighted by molar-refractivity contribution is 7.22. The van der Waals surface area contributed by atoms with E-state index in [2.05, 4.69) is 21.1 Å². The minimum atomic E-state index is -0.0959. The Labute approximate surface area is 130 Å². The summed E-state index contributed by atoms with van der Waals surface area (Å²) in [6, 6.07) is 9.74. The average molecular weight is 314 g/mol. The highest BCUT2D eigenvalue weighted by Gasteiger charge is 2.25. The standard InChI is InChI=1S/C15H14N4O2S/c20-14(12-5-6-16-21-12)18-7-9-19(10-8-18)15-17-11-3-1-2-4-13(11)22-15/h1-6H,7-10H2. The monoisotopic (exact) mass is 314 g/mol. The molecule has 1 aliphatic heterocycles. The number of anilines is 1. The molecule has 0 radical (unpaired) electrons. The van der Waals surface area contributed by atoms with Crippen molar-refractivity contribution in [2.75, 3.05) is 31.1 Å². The van der Waals surface area contributed by atoms with E-state index in [-0.39, 0.29) is 5.91 Å². The van der Waals surface area contributed by atoms with E-state index in [0.717, 1.165) is 23.7 Å². The maximum absolute atomic E-state index is 12.2. The molecule has 0 aliphatic carbocycles. The summed E-state index contributed by atoms with van der Waals surface area (Å²) in [5.74, 6) is 0.204. The molecule has 0 N–H and O–H groups in total. The first-order valence-electron chi connectivity index (χ1n) is 7.12.